The van der Waals surface area contributed by atoms with Gasteiger partial charge >= 0.3 is 0 Å². The molecule has 1 fully saturated rings. The summed E-state index contributed by atoms with van der Waals surface area (Å²) in [6.07, 6.45) is 0. The van der Waals surface area contributed by atoms with Crippen molar-refractivity contribution in [2.45, 2.75) is 6.92 Å². The van der Waals surface area contributed by atoms with Gasteiger partial charge in [0.1, 0.15) is 5.52 Å². The number of nitrogens with zero attached hydrogens (tertiary/aromatic N) is 1. The lowest BCUT2D eigenvalue weighted by atomic mass is 9.93. The lowest BCUT2D eigenvalue weighted by molar-refractivity contribution is 0.0878. The second-order valence-corrected chi connectivity index (χ2v) is 4.13. The van der Waals surface area contributed by atoms with Crippen molar-refractivity contribution in [2.24, 2.45) is 5.92 Å². The van der Waals surface area contributed by atoms with Crippen molar-refractivity contribution >= 4 is 16.9 Å². The molecule has 0 bridgehead atoms. The molecule has 1 aromatic heterocycles. The molecule has 0 aliphatic carbocycles. The third-order valence-corrected chi connectivity index (χ3v) is 2.93. The number of hydrogen-bond donors (Lipinski definition) is 1. The fraction of sp³-hybridized carbons (Fsp3) is 0.333. The Hall–Kier alpha value is -1.68. The van der Waals surface area contributed by atoms with Crippen LogP contribution in [0.3, 0.4) is 0 Å². The van der Waals surface area contributed by atoms with Crippen LogP contribution in [0.5, 0.6) is 0 Å². The highest BCUT2D eigenvalue weighted by Crippen LogP contribution is 2.20. The van der Waals surface area contributed by atoms with Crippen molar-refractivity contribution in [2.75, 3.05) is 13.1 Å². The van der Waals surface area contributed by atoms with Gasteiger partial charge in [0.25, 0.3) is 0 Å². The van der Waals surface area contributed by atoms with Crippen LogP contribution in [-0.4, -0.2) is 23.9 Å². The van der Waals surface area contributed by atoms with Crippen LogP contribution >= 0.6 is 0 Å². The first-order valence-electron chi connectivity index (χ1n) is 5.36. The number of fused-ring (bicyclic) bond motifs is 1. The van der Waals surface area contributed by atoms with E-state index in [0.29, 0.717) is 11.5 Å². The number of aryl methyl sites for hydroxylation is 1. The second kappa shape index (κ2) is 3.42. The van der Waals surface area contributed by atoms with Gasteiger partial charge in [-0.15, -0.1) is 0 Å². The number of rotatable bonds is 2. The summed E-state index contributed by atoms with van der Waals surface area (Å²) >= 11 is 0. The number of hydrogen-bond acceptors (Lipinski definition) is 4. The quantitative estimate of drug-likeness (QED) is 0.773. The molecule has 1 N–H and O–H groups in total. The van der Waals surface area contributed by atoms with Crippen molar-refractivity contribution in [1.29, 1.82) is 0 Å². The Morgan fingerprint density at radius 2 is 2.31 bits per heavy atom. The molecule has 0 saturated carbocycles. The average Bonchev–Trinajstić information content (AvgIpc) is 2.53. The van der Waals surface area contributed by atoms with E-state index in [2.05, 4.69) is 10.3 Å². The van der Waals surface area contributed by atoms with E-state index in [-0.39, 0.29) is 11.7 Å². The molecule has 4 nitrogen and oxygen atoms in total. The molecule has 16 heavy (non-hydrogen) atoms. The minimum absolute atomic E-state index is 0.126. The molecular weight excluding hydrogens is 204 g/mol. The number of benzene rings is 1. The van der Waals surface area contributed by atoms with Gasteiger partial charge in [0.15, 0.2) is 17.3 Å². The standard InChI is InChI=1S/C12H12N2O2/c1-7-14-10-3-2-8(4-11(10)16-7)12(15)9-5-13-6-9/h2-4,9,13H,5-6H2,1H3. The zero-order chi connectivity index (χ0) is 11.1. The number of oxazole rings is 1. The first-order chi connectivity index (χ1) is 7.74. The molecule has 3 rings (SSSR count). The molecule has 0 amide bonds. The zero-order valence-electron chi connectivity index (χ0n) is 8.99. The van der Waals surface area contributed by atoms with E-state index >= 15 is 0 Å². The highest BCUT2D eigenvalue weighted by atomic mass is 16.3. The van der Waals surface area contributed by atoms with Gasteiger partial charge < -0.3 is 9.73 Å². The Bertz CT molecular complexity index is 555. The average molecular weight is 216 g/mol. The Labute approximate surface area is 92.7 Å². The van der Waals surface area contributed by atoms with Gasteiger partial charge in [-0.3, -0.25) is 4.79 Å². The van der Waals surface area contributed by atoms with Crippen LogP contribution in [-0.2, 0) is 0 Å². The summed E-state index contributed by atoms with van der Waals surface area (Å²) in [7, 11) is 0. The Morgan fingerprint density at radius 1 is 1.50 bits per heavy atom. The Balaban J connectivity index is 2.00. The summed E-state index contributed by atoms with van der Waals surface area (Å²) in [5, 5.41) is 3.10. The maximum absolute atomic E-state index is 12.0. The minimum Gasteiger partial charge on any atom is -0.441 e. The van der Waals surface area contributed by atoms with Gasteiger partial charge in [0.05, 0.1) is 0 Å². The van der Waals surface area contributed by atoms with Crippen LogP contribution in [0, 0.1) is 12.8 Å². The molecule has 1 aliphatic heterocycles. The van der Waals surface area contributed by atoms with Crippen LogP contribution in [0.15, 0.2) is 22.6 Å². The highest BCUT2D eigenvalue weighted by molar-refractivity contribution is 6.00. The third kappa shape index (κ3) is 1.42. The molecule has 2 heterocycles. The fourth-order valence-electron chi connectivity index (χ4n) is 1.90. The molecular formula is C12H12N2O2. The summed E-state index contributed by atoms with van der Waals surface area (Å²) in [6.45, 7) is 3.37. The van der Waals surface area contributed by atoms with Gasteiger partial charge in [-0.2, -0.15) is 0 Å². The summed E-state index contributed by atoms with van der Waals surface area (Å²) in [5.41, 5.74) is 2.21. The summed E-state index contributed by atoms with van der Waals surface area (Å²) in [5.74, 6) is 0.945. The van der Waals surface area contributed by atoms with Gasteiger partial charge in [-0.25, -0.2) is 4.98 Å². The van der Waals surface area contributed by atoms with E-state index in [0.717, 1.165) is 24.2 Å². The highest BCUT2D eigenvalue weighted by Gasteiger charge is 2.26. The molecule has 4 heteroatoms. The Kier molecular flexibility index (Phi) is 2.04. The third-order valence-electron chi connectivity index (χ3n) is 2.93. The lowest BCUT2D eigenvalue weighted by Gasteiger charge is -2.25. The first kappa shape index (κ1) is 9.54. The molecule has 0 unspecified atom stereocenters. The monoisotopic (exact) mass is 216 g/mol. The van der Waals surface area contributed by atoms with E-state index in [1.54, 1.807) is 13.0 Å². The van der Waals surface area contributed by atoms with Crippen LogP contribution in [0.4, 0.5) is 0 Å². The van der Waals surface area contributed by atoms with Crippen LogP contribution < -0.4 is 5.32 Å². The molecule has 1 saturated heterocycles. The predicted octanol–water partition coefficient (Wildman–Crippen LogP) is 1.54. The smallest absolute Gasteiger partial charge is 0.192 e. The maximum atomic E-state index is 12.0. The van der Waals surface area contributed by atoms with Crippen LogP contribution in [0.2, 0.25) is 0 Å². The minimum atomic E-state index is 0.126. The van der Waals surface area contributed by atoms with Crippen molar-refractivity contribution < 1.29 is 9.21 Å². The van der Waals surface area contributed by atoms with E-state index in [1.807, 2.05) is 12.1 Å². The van der Waals surface area contributed by atoms with Gasteiger partial charge in [-0.1, -0.05) is 0 Å². The zero-order valence-corrected chi connectivity index (χ0v) is 8.99. The summed E-state index contributed by atoms with van der Waals surface area (Å²) < 4.78 is 5.41. The Morgan fingerprint density at radius 3 is 3.00 bits per heavy atom. The number of aromatic nitrogens is 1. The van der Waals surface area contributed by atoms with E-state index < -0.39 is 0 Å². The predicted molar refractivity (Wildman–Crippen MR) is 59.4 cm³/mol. The van der Waals surface area contributed by atoms with Gasteiger partial charge in [0.2, 0.25) is 0 Å². The van der Waals surface area contributed by atoms with E-state index in [1.165, 1.54) is 0 Å². The molecule has 0 radical (unpaired) electrons. The topological polar surface area (TPSA) is 55.1 Å². The van der Waals surface area contributed by atoms with Gasteiger partial charge in [0, 0.05) is 31.5 Å². The lowest BCUT2D eigenvalue weighted by Crippen LogP contribution is -2.46. The number of ketones is 1. The molecule has 82 valence electrons. The molecule has 1 aromatic carbocycles. The van der Waals surface area contributed by atoms with E-state index in [4.69, 9.17) is 4.42 Å². The van der Waals surface area contributed by atoms with Crippen molar-refractivity contribution in [3.05, 3.63) is 29.7 Å². The van der Waals surface area contributed by atoms with Gasteiger partial charge in [-0.05, 0) is 18.2 Å². The van der Waals surface area contributed by atoms with Crippen LogP contribution in [0.25, 0.3) is 11.1 Å². The summed E-state index contributed by atoms with van der Waals surface area (Å²) in [6, 6.07) is 5.45. The first-order valence-corrected chi connectivity index (χ1v) is 5.36. The summed E-state index contributed by atoms with van der Waals surface area (Å²) in [4.78, 5) is 16.2. The fourth-order valence-corrected chi connectivity index (χ4v) is 1.90. The number of carbonyl (C=O) groups excluding carboxylic acids is 1. The number of carbonyl (C=O) groups is 1. The van der Waals surface area contributed by atoms with Crippen LogP contribution in [0.1, 0.15) is 16.2 Å². The number of Topliss-reactive ketones (excluding diaryl/α,β-unsaturated/α-hetero) is 1. The molecule has 2 aromatic rings. The largest absolute Gasteiger partial charge is 0.441 e. The maximum Gasteiger partial charge on any atom is 0.192 e. The number of nitrogens with one attached hydrogen (secondary N) is 1. The molecule has 0 atom stereocenters. The molecule has 0 spiro atoms. The van der Waals surface area contributed by atoms with Crippen molar-refractivity contribution in [3.63, 3.8) is 0 Å². The van der Waals surface area contributed by atoms with Crippen molar-refractivity contribution in [3.8, 4) is 0 Å². The second-order valence-electron chi connectivity index (χ2n) is 4.13. The normalized spacial score (nSPS) is 16.3. The molecule has 1 aliphatic rings. The SMILES string of the molecule is Cc1nc2ccc(C(=O)C3CNC3)cc2o1. The van der Waals surface area contributed by atoms with Crippen molar-refractivity contribution in [1.82, 2.24) is 10.3 Å². The van der Waals surface area contributed by atoms with E-state index in [9.17, 15) is 4.79 Å².